The minimum atomic E-state index is -3.74. The number of rotatable bonds is 6. The number of anilines is 1. The lowest BCUT2D eigenvalue weighted by molar-refractivity contribution is 0.0724. The summed E-state index contributed by atoms with van der Waals surface area (Å²) < 4.78 is 33.1. The molecule has 0 unspecified atom stereocenters. The first-order valence-corrected chi connectivity index (χ1v) is 10.6. The molecular formula is C20H24N2O4S. The first kappa shape index (κ1) is 19.2. The van der Waals surface area contributed by atoms with Crippen molar-refractivity contribution < 1.29 is 17.9 Å². The molecule has 0 atom stereocenters. The summed E-state index contributed by atoms with van der Waals surface area (Å²) in [6.45, 7) is 3.88. The van der Waals surface area contributed by atoms with Gasteiger partial charge in [-0.05, 0) is 68.7 Å². The fourth-order valence-electron chi connectivity index (χ4n) is 3.09. The molecule has 1 fully saturated rings. The van der Waals surface area contributed by atoms with Crippen molar-refractivity contribution in [1.29, 1.82) is 0 Å². The van der Waals surface area contributed by atoms with E-state index in [4.69, 9.17) is 4.74 Å². The number of ether oxygens (including phenoxy) is 1. The summed E-state index contributed by atoms with van der Waals surface area (Å²) in [4.78, 5) is 14.6. The van der Waals surface area contributed by atoms with Crippen molar-refractivity contribution in [3.05, 3.63) is 54.1 Å². The Morgan fingerprint density at radius 1 is 1.07 bits per heavy atom. The molecule has 2 aromatic rings. The van der Waals surface area contributed by atoms with Crippen LogP contribution >= 0.6 is 0 Å². The number of benzene rings is 2. The number of likely N-dealkylation sites (tertiary alicyclic amines) is 1. The molecule has 0 saturated carbocycles. The van der Waals surface area contributed by atoms with Crippen molar-refractivity contribution in [1.82, 2.24) is 4.90 Å². The molecule has 0 spiro atoms. The van der Waals surface area contributed by atoms with Gasteiger partial charge >= 0.3 is 0 Å². The molecule has 0 bridgehead atoms. The highest BCUT2D eigenvalue weighted by atomic mass is 32.2. The van der Waals surface area contributed by atoms with E-state index in [2.05, 4.69) is 4.72 Å². The maximum absolute atomic E-state index is 12.6. The van der Waals surface area contributed by atoms with Gasteiger partial charge in [0.1, 0.15) is 5.75 Å². The maximum atomic E-state index is 12.6. The summed E-state index contributed by atoms with van der Waals surface area (Å²) in [6, 6.07) is 12.9. The lowest BCUT2D eigenvalue weighted by Gasteiger charge is -2.26. The Balaban J connectivity index is 1.75. The molecule has 3 rings (SSSR count). The number of carbonyl (C=O) groups is 1. The van der Waals surface area contributed by atoms with E-state index in [1.807, 2.05) is 11.8 Å². The normalized spacial score (nSPS) is 14.6. The Labute approximate surface area is 160 Å². The molecule has 7 heteroatoms. The summed E-state index contributed by atoms with van der Waals surface area (Å²) >= 11 is 0. The first-order chi connectivity index (χ1) is 13.0. The third-order valence-electron chi connectivity index (χ3n) is 4.45. The van der Waals surface area contributed by atoms with Gasteiger partial charge in [0, 0.05) is 24.3 Å². The van der Waals surface area contributed by atoms with Crippen molar-refractivity contribution in [3.8, 4) is 5.75 Å². The topological polar surface area (TPSA) is 75.7 Å². The van der Waals surface area contributed by atoms with Crippen molar-refractivity contribution >= 4 is 21.6 Å². The number of amides is 1. The van der Waals surface area contributed by atoms with E-state index < -0.39 is 10.0 Å². The van der Waals surface area contributed by atoms with E-state index in [0.29, 0.717) is 23.6 Å². The molecule has 6 nitrogen and oxygen atoms in total. The molecule has 1 heterocycles. The lowest BCUT2D eigenvalue weighted by Crippen LogP contribution is -2.35. The van der Waals surface area contributed by atoms with Crippen LogP contribution in [0.4, 0.5) is 5.69 Å². The molecule has 0 aliphatic carbocycles. The molecule has 1 aliphatic heterocycles. The van der Waals surface area contributed by atoms with Gasteiger partial charge in [0.05, 0.1) is 11.5 Å². The molecule has 1 amide bonds. The van der Waals surface area contributed by atoms with Crippen molar-refractivity contribution in [3.63, 3.8) is 0 Å². The number of piperidine rings is 1. The average Bonchev–Trinajstić information content (AvgIpc) is 2.69. The average molecular weight is 388 g/mol. The zero-order valence-corrected chi connectivity index (χ0v) is 16.2. The van der Waals surface area contributed by atoms with Gasteiger partial charge in [0.25, 0.3) is 15.9 Å². The quantitative estimate of drug-likeness (QED) is 0.822. The number of hydrogen-bond donors (Lipinski definition) is 1. The van der Waals surface area contributed by atoms with Crippen LogP contribution in [0.25, 0.3) is 0 Å². The van der Waals surface area contributed by atoms with Crippen molar-refractivity contribution in [2.45, 2.75) is 31.1 Å². The van der Waals surface area contributed by atoms with Gasteiger partial charge in [-0.3, -0.25) is 9.52 Å². The summed E-state index contributed by atoms with van der Waals surface area (Å²) in [7, 11) is -3.74. The van der Waals surface area contributed by atoms with Gasteiger partial charge in [0.2, 0.25) is 0 Å². The highest BCUT2D eigenvalue weighted by Crippen LogP contribution is 2.21. The van der Waals surface area contributed by atoms with Crippen LogP contribution in [0.3, 0.4) is 0 Å². The largest absolute Gasteiger partial charge is 0.494 e. The number of sulfonamides is 1. The second-order valence-corrected chi connectivity index (χ2v) is 8.13. The van der Waals surface area contributed by atoms with E-state index >= 15 is 0 Å². The number of hydrogen-bond acceptors (Lipinski definition) is 4. The Kier molecular flexibility index (Phi) is 6.01. The van der Waals surface area contributed by atoms with Gasteiger partial charge in [-0.15, -0.1) is 0 Å². The maximum Gasteiger partial charge on any atom is 0.261 e. The van der Waals surface area contributed by atoms with Crippen LogP contribution < -0.4 is 9.46 Å². The van der Waals surface area contributed by atoms with E-state index in [1.54, 1.807) is 36.4 Å². The fraction of sp³-hybridized carbons (Fsp3) is 0.350. The van der Waals surface area contributed by atoms with E-state index in [-0.39, 0.29) is 10.8 Å². The molecule has 144 valence electrons. The van der Waals surface area contributed by atoms with Gasteiger partial charge < -0.3 is 9.64 Å². The predicted octanol–water partition coefficient (Wildman–Crippen LogP) is 3.51. The standard InChI is InChI=1S/C20H24N2O4S/c1-2-26-18-9-11-19(12-10-18)27(24,25)21-17-8-6-7-16(15-17)20(23)22-13-4-3-5-14-22/h6-12,15,21H,2-5,13-14H2,1H3. The van der Waals surface area contributed by atoms with Gasteiger partial charge in [-0.1, -0.05) is 6.07 Å². The van der Waals surface area contributed by atoms with Crippen molar-refractivity contribution in [2.24, 2.45) is 0 Å². The van der Waals surface area contributed by atoms with E-state index in [0.717, 1.165) is 32.4 Å². The van der Waals surface area contributed by atoms with Gasteiger partial charge in [-0.25, -0.2) is 8.42 Å². The summed E-state index contributed by atoms with van der Waals surface area (Å²) in [5.74, 6) is 0.558. The van der Waals surface area contributed by atoms with Crippen LogP contribution in [0.5, 0.6) is 5.75 Å². The Hall–Kier alpha value is -2.54. The van der Waals surface area contributed by atoms with Gasteiger partial charge in [-0.2, -0.15) is 0 Å². The molecular weight excluding hydrogens is 364 g/mol. The van der Waals surface area contributed by atoms with Crippen LogP contribution in [0.1, 0.15) is 36.5 Å². The molecule has 0 radical (unpaired) electrons. The third kappa shape index (κ3) is 4.80. The third-order valence-corrected chi connectivity index (χ3v) is 5.85. The van der Waals surface area contributed by atoms with Crippen LogP contribution in [-0.2, 0) is 10.0 Å². The molecule has 1 aliphatic rings. The molecule has 27 heavy (non-hydrogen) atoms. The van der Waals surface area contributed by atoms with Crippen LogP contribution in [-0.4, -0.2) is 38.9 Å². The summed E-state index contributed by atoms with van der Waals surface area (Å²) in [5.41, 5.74) is 0.857. The smallest absolute Gasteiger partial charge is 0.261 e. The molecule has 0 aromatic heterocycles. The predicted molar refractivity (Wildman–Crippen MR) is 105 cm³/mol. The minimum Gasteiger partial charge on any atom is -0.494 e. The second-order valence-electron chi connectivity index (χ2n) is 6.44. The van der Waals surface area contributed by atoms with E-state index in [1.165, 1.54) is 12.1 Å². The highest BCUT2D eigenvalue weighted by Gasteiger charge is 2.19. The Bertz CT molecular complexity index is 888. The number of nitrogens with one attached hydrogen (secondary N) is 1. The Morgan fingerprint density at radius 2 is 1.78 bits per heavy atom. The van der Waals surface area contributed by atoms with Crippen LogP contribution in [0.15, 0.2) is 53.4 Å². The minimum absolute atomic E-state index is 0.0585. The van der Waals surface area contributed by atoms with Crippen molar-refractivity contribution in [2.75, 3.05) is 24.4 Å². The second kappa shape index (κ2) is 8.43. The summed E-state index contributed by atoms with van der Waals surface area (Å²) in [5, 5.41) is 0. The zero-order chi connectivity index (χ0) is 19.3. The monoisotopic (exact) mass is 388 g/mol. The zero-order valence-electron chi connectivity index (χ0n) is 15.3. The SMILES string of the molecule is CCOc1ccc(S(=O)(=O)Nc2cccc(C(=O)N3CCCCC3)c2)cc1. The fourth-order valence-corrected chi connectivity index (χ4v) is 4.14. The number of nitrogens with zero attached hydrogens (tertiary/aromatic N) is 1. The van der Waals surface area contributed by atoms with Crippen LogP contribution in [0, 0.1) is 0 Å². The van der Waals surface area contributed by atoms with Gasteiger partial charge in [0.15, 0.2) is 0 Å². The summed E-state index contributed by atoms with van der Waals surface area (Å²) in [6.07, 6.45) is 3.16. The lowest BCUT2D eigenvalue weighted by atomic mass is 10.1. The Morgan fingerprint density at radius 3 is 2.44 bits per heavy atom. The van der Waals surface area contributed by atoms with Crippen LogP contribution in [0.2, 0.25) is 0 Å². The molecule has 1 N–H and O–H groups in total. The molecule has 1 saturated heterocycles. The number of carbonyl (C=O) groups excluding carboxylic acids is 1. The molecule has 2 aromatic carbocycles. The first-order valence-electron chi connectivity index (χ1n) is 9.14. The highest BCUT2D eigenvalue weighted by molar-refractivity contribution is 7.92. The van der Waals surface area contributed by atoms with E-state index in [9.17, 15) is 13.2 Å².